The molecule has 4 aromatic carbocycles. The Morgan fingerprint density at radius 3 is 1.66 bits per heavy atom. The molecule has 5 rings (SSSR count). The number of para-hydroxylation sites is 2. The van der Waals surface area contributed by atoms with Crippen molar-refractivity contribution in [3.63, 3.8) is 0 Å². The third-order valence-electron chi connectivity index (χ3n) is 6.37. The number of carbonyl (C=O) groups is 1. The van der Waals surface area contributed by atoms with Crippen molar-refractivity contribution < 1.29 is 17.9 Å². The molecule has 4 aromatic rings. The van der Waals surface area contributed by atoms with E-state index in [0.717, 1.165) is 22.6 Å². The molecular formula is C32H27NO4S. The van der Waals surface area contributed by atoms with Crippen LogP contribution in [0.5, 0.6) is 0 Å². The second kappa shape index (κ2) is 10.1. The molecule has 38 heavy (non-hydrogen) atoms. The van der Waals surface area contributed by atoms with Crippen LogP contribution in [0, 0.1) is 0 Å². The van der Waals surface area contributed by atoms with Crippen LogP contribution in [0.2, 0.25) is 0 Å². The van der Waals surface area contributed by atoms with E-state index in [9.17, 15) is 13.2 Å². The summed E-state index contributed by atoms with van der Waals surface area (Å²) in [5, 5.41) is 0. The number of anilines is 3. The fraction of sp³-hybridized carbons (Fsp3) is 0.0938. The Balaban J connectivity index is 1.50. The molecule has 5 nitrogen and oxygen atoms in total. The maximum Gasteiger partial charge on any atom is 0.351 e. The van der Waals surface area contributed by atoms with Crippen LogP contribution in [0.4, 0.5) is 17.1 Å². The lowest BCUT2D eigenvalue weighted by molar-refractivity contribution is -0.143. The first-order chi connectivity index (χ1) is 18.3. The first-order valence-electron chi connectivity index (χ1n) is 12.2. The number of nitrogens with zero attached hydrogens (tertiary/aromatic N) is 1. The number of benzene rings is 4. The van der Waals surface area contributed by atoms with Crippen molar-refractivity contribution >= 4 is 38.9 Å². The van der Waals surface area contributed by atoms with E-state index in [1.165, 1.54) is 12.1 Å². The molecule has 1 aliphatic rings. The molecule has 0 saturated heterocycles. The van der Waals surface area contributed by atoms with E-state index in [0.29, 0.717) is 5.57 Å². The van der Waals surface area contributed by atoms with Gasteiger partial charge in [0.05, 0.1) is 4.90 Å². The number of carbonyl (C=O) groups excluding carboxylic acids is 1. The summed E-state index contributed by atoms with van der Waals surface area (Å²) < 4.78 is 32.2. The number of hydrogen-bond acceptors (Lipinski definition) is 5. The zero-order chi connectivity index (χ0) is 26.8. The van der Waals surface area contributed by atoms with Crippen LogP contribution in [0.1, 0.15) is 19.4 Å². The Kier molecular flexibility index (Phi) is 6.74. The number of cyclic esters (lactones) is 1. The van der Waals surface area contributed by atoms with E-state index in [1.54, 1.807) is 44.2 Å². The topological polar surface area (TPSA) is 63.7 Å². The minimum absolute atomic E-state index is 0.0572. The summed E-state index contributed by atoms with van der Waals surface area (Å²) in [5.41, 5.74) is 3.14. The average Bonchev–Trinajstić information content (AvgIpc) is 3.17. The monoisotopic (exact) mass is 521 g/mol. The zero-order valence-corrected chi connectivity index (χ0v) is 21.9. The van der Waals surface area contributed by atoms with Crippen molar-refractivity contribution in [2.75, 3.05) is 4.90 Å². The molecule has 6 heteroatoms. The highest BCUT2D eigenvalue weighted by atomic mass is 32.2. The predicted octanol–water partition coefficient (Wildman–Crippen LogP) is 7.23. The van der Waals surface area contributed by atoms with Gasteiger partial charge in [-0.2, -0.15) is 0 Å². The standard InChI is InChI=1S/C32H27NO4S/c1-32(2)29(30(31(34)37-32)38(35,36)28-16-10-5-11-17-28)23-20-24-18-21-27(22-19-24)33(25-12-6-3-7-13-25)26-14-8-4-9-15-26/h3-23H,1-2H3/b23-20+. The number of ether oxygens (including phenoxy) is 1. The van der Waals surface area contributed by atoms with Gasteiger partial charge < -0.3 is 9.64 Å². The summed E-state index contributed by atoms with van der Waals surface area (Å²) in [6.45, 7) is 3.39. The van der Waals surface area contributed by atoms with Crippen molar-refractivity contribution in [2.45, 2.75) is 24.3 Å². The number of esters is 1. The van der Waals surface area contributed by atoms with Gasteiger partial charge in [0, 0.05) is 22.6 Å². The maximum atomic E-state index is 13.3. The first kappa shape index (κ1) is 25.2. The second-order valence-corrected chi connectivity index (χ2v) is 11.3. The van der Waals surface area contributed by atoms with Gasteiger partial charge in [-0.15, -0.1) is 0 Å². The van der Waals surface area contributed by atoms with Crippen LogP contribution in [0.3, 0.4) is 0 Å². The summed E-state index contributed by atoms with van der Waals surface area (Å²) in [4.78, 5) is 14.6. The fourth-order valence-corrected chi connectivity index (χ4v) is 6.10. The van der Waals surface area contributed by atoms with E-state index in [2.05, 4.69) is 29.2 Å². The van der Waals surface area contributed by atoms with Crippen molar-refractivity contribution in [1.29, 1.82) is 0 Å². The van der Waals surface area contributed by atoms with Gasteiger partial charge in [-0.1, -0.05) is 78.9 Å². The Bertz CT molecular complexity index is 1570. The molecule has 1 aliphatic heterocycles. The van der Waals surface area contributed by atoms with E-state index >= 15 is 0 Å². The molecule has 0 aromatic heterocycles. The minimum atomic E-state index is -4.04. The van der Waals surface area contributed by atoms with E-state index < -0.39 is 21.4 Å². The van der Waals surface area contributed by atoms with Gasteiger partial charge in [0.2, 0.25) is 9.84 Å². The summed E-state index contributed by atoms with van der Waals surface area (Å²) >= 11 is 0. The van der Waals surface area contributed by atoms with Crippen molar-refractivity contribution in [1.82, 2.24) is 0 Å². The Morgan fingerprint density at radius 2 is 1.13 bits per heavy atom. The molecule has 0 fully saturated rings. The first-order valence-corrected chi connectivity index (χ1v) is 13.7. The molecule has 0 saturated carbocycles. The van der Waals surface area contributed by atoms with Crippen LogP contribution in [0.15, 0.2) is 137 Å². The van der Waals surface area contributed by atoms with Crippen molar-refractivity contribution in [3.8, 4) is 0 Å². The van der Waals surface area contributed by atoms with E-state index in [-0.39, 0.29) is 9.80 Å². The Hall–Kier alpha value is -4.42. The van der Waals surface area contributed by atoms with Crippen LogP contribution >= 0.6 is 0 Å². The molecule has 1 heterocycles. The fourth-order valence-electron chi connectivity index (χ4n) is 4.48. The van der Waals surface area contributed by atoms with Crippen molar-refractivity contribution in [2.24, 2.45) is 0 Å². The van der Waals surface area contributed by atoms with Gasteiger partial charge in [-0.3, -0.25) is 0 Å². The van der Waals surface area contributed by atoms with E-state index in [4.69, 9.17) is 4.74 Å². The third-order valence-corrected chi connectivity index (χ3v) is 8.19. The highest BCUT2D eigenvalue weighted by molar-refractivity contribution is 7.96. The van der Waals surface area contributed by atoms with Gasteiger partial charge in [0.1, 0.15) is 5.60 Å². The van der Waals surface area contributed by atoms with Gasteiger partial charge in [0.25, 0.3) is 0 Å². The SMILES string of the molecule is CC1(C)OC(=O)C(S(=O)(=O)c2ccccc2)=C1/C=C/c1ccc(N(c2ccccc2)c2ccccc2)cc1. The number of hydrogen-bond donors (Lipinski definition) is 0. The average molecular weight is 522 g/mol. The normalized spacial score (nSPS) is 15.1. The lowest BCUT2D eigenvalue weighted by atomic mass is 9.98. The lowest BCUT2D eigenvalue weighted by Gasteiger charge is -2.25. The molecule has 0 atom stereocenters. The molecular weight excluding hydrogens is 494 g/mol. The second-order valence-electron chi connectivity index (χ2n) is 9.39. The quantitative estimate of drug-likeness (QED) is 0.240. The Labute approximate surface area is 223 Å². The zero-order valence-electron chi connectivity index (χ0n) is 21.1. The summed E-state index contributed by atoms with van der Waals surface area (Å²) in [7, 11) is -4.04. The molecule has 0 bridgehead atoms. The van der Waals surface area contributed by atoms with Crippen LogP contribution < -0.4 is 4.90 Å². The minimum Gasteiger partial charge on any atom is -0.451 e. The van der Waals surface area contributed by atoms with Crippen LogP contribution in [-0.4, -0.2) is 20.0 Å². The largest absolute Gasteiger partial charge is 0.451 e. The maximum absolute atomic E-state index is 13.3. The predicted molar refractivity (Wildman–Crippen MR) is 151 cm³/mol. The van der Waals surface area contributed by atoms with Crippen LogP contribution in [0.25, 0.3) is 6.08 Å². The summed E-state index contributed by atoms with van der Waals surface area (Å²) in [5.74, 6) is -0.838. The lowest BCUT2D eigenvalue weighted by Crippen LogP contribution is -2.22. The molecule has 0 aliphatic carbocycles. The molecule has 0 unspecified atom stereocenters. The van der Waals surface area contributed by atoms with Gasteiger partial charge in [-0.05, 0) is 67.9 Å². The molecule has 0 N–H and O–H groups in total. The summed E-state index contributed by atoms with van der Waals surface area (Å²) in [6, 6.07) is 36.1. The highest BCUT2D eigenvalue weighted by Crippen LogP contribution is 2.39. The van der Waals surface area contributed by atoms with Gasteiger partial charge in [-0.25, -0.2) is 13.2 Å². The highest BCUT2D eigenvalue weighted by Gasteiger charge is 2.45. The smallest absolute Gasteiger partial charge is 0.351 e. The molecule has 190 valence electrons. The van der Waals surface area contributed by atoms with Gasteiger partial charge in [0.15, 0.2) is 4.91 Å². The molecule has 0 amide bonds. The Morgan fingerprint density at radius 1 is 0.658 bits per heavy atom. The van der Waals surface area contributed by atoms with E-state index in [1.807, 2.05) is 60.7 Å². The van der Waals surface area contributed by atoms with Crippen molar-refractivity contribution in [3.05, 3.63) is 137 Å². The summed E-state index contributed by atoms with van der Waals surface area (Å²) in [6.07, 6.45) is 3.47. The van der Waals surface area contributed by atoms with Crippen LogP contribution in [-0.2, 0) is 19.4 Å². The molecule has 0 radical (unpaired) electrons. The van der Waals surface area contributed by atoms with Gasteiger partial charge >= 0.3 is 5.97 Å². The molecule has 0 spiro atoms. The number of rotatable bonds is 7. The number of sulfone groups is 1. The third kappa shape index (κ3) is 4.91.